The molecule has 1 aromatic rings. The molecular weight excluding hydrogens is 210 g/mol. The predicted octanol–water partition coefficient (Wildman–Crippen LogP) is 2.91. The van der Waals surface area contributed by atoms with Crippen LogP contribution in [0.3, 0.4) is 0 Å². The summed E-state index contributed by atoms with van der Waals surface area (Å²) in [5.74, 6) is 1.19. The quantitative estimate of drug-likeness (QED) is 0.669. The molecule has 0 amide bonds. The number of unbranched alkanes of at least 4 members (excludes halogenated alkanes) is 2. The van der Waals surface area contributed by atoms with Gasteiger partial charge in [-0.15, -0.1) is 0 Å². The van der Waals surface area contributed by atoms with Crippen LogP contribution in [0.5, 0.6) is 0 Å². The first kappa shape index (κ1) is 14.2. The highest BCUT2D eigenvalue weighted by Gasteiger charge is 2.11. The molecule has 1 N–H and O–H groups in total. The third-order valence-electron chi connectivity index (χ3n) is 3.19. The SMILES string of the molecule is CCCCCC(Cc1nccn1C)NCCC. The molecule has 0 aliphatic carbocycles. The van der Waals surface area contributed by atoms with Gasteiger partial charge in [0.25, 0.3) is 0 Å². The molecule has 0 aliphatic heterocycles. The first-order valence-corrected chi connectivity index (χ1v) is 6.97. The lowest BCUT2D eigenvalue weighted by Gasteiger charge is -2.18. The maximum Gasteiger partial charge on any atom is 0.109 e. The minimum atomic E-state index is 0.586. The Labute approximate surface area is 106 Å². The standard InChI is InChI=1S/C14H27N3/c1-4-6-7-8-13(15-9-5-2)12-14-16-10-11-17(14)3/h10-11,13,15H,4-9,12H2,1-3H3. The molecule has 1 rings (SSSR count). The van der Waals surface area contributed by atoms with Crippen molar-refractivity contribution in [1.29, 1.82) is 0 Å². The van der Waals surface area contributed by atoms with Crippen molar-refractivity contribution < 1.29 is 0 Å². The van der Waals surface area contributed by atoms with Gasteiger partial charge in [-0.1, -0.05) is 33.1 Å². The first-order chi connectivity index (χ1) is 8.27. The van der Waals surface area contributed by atoms with E-state index >= 15 is 0 Å². The third-order valence-corrected chi connectivity index (χ3v) is 3.19. The lowest BCUT2D eigenvalue weighted by molar-refractivity contribution is 0.445. The van der Waals surface area contributed by atoms with E-state index in [1.165, 1.54) is 37.9 Å². The molecule has 98 valence electrons. The topological polar surface area (TPSA) is 29.9 Å². The van der Waals surface area contributed by atoms with Crippen LogP contribution >= 0.6 is 0 Å². The largest absolute Gasteiger partial charge is 0.338 e. The summed E-state index contributed by atoms with van der Waals surface area (Å²) < 4.78 is 2.13. The molecule has 1 unspecified atom stereocenters. The van der Waals surface area contributed by atoms with Crippen LogP contribution in [0.2, 0.25) is 0 Å². The highest BCUT2D eigenvalue weighted by molar-refractivity contribution is 4.94. The molecule has 0 radical (unpaired) electrons. The van der Waals surface area contributed by atoms with E-state index in [9.17, 15) is 0 Å². The summed E-state index contributed by atoms with van der Waals surface area (Å²) in [4.78, 5) is 4.41. The fraction of sp³-hybridized carbons (Fsp3) is 0.786. The van der Waals surface area contributed by atoms with E-state index < -0.39 is 0 Å². The van der Waals surface area contributed by atoms with Crippen molar-refractivity contribution in [3.63, 3.8) is 0 Å². The van der Waals surface area contributed by atoms with Gasteiger partial charge in [-0.05, 0) is 19.4 Å². The minimum Gasteiger partial charge on any atom is -0.338 e. The van der Waals surface area contributed by atoms with Crippen molar-refractivity contribution in [2.45, 2.75) is 58.4 Å². The van der Waals surface area contributed by atoms with Crippen molar-refractivity contribution >= 4 is 0 Å². The fourth-order valence-corrected chi connectivity index (χ4v) is 2.08. The Morgan fingerprint density at radius 2 is 2.12 bits per heavy atom. The van der Waals surface area contributed by atoms with Gasteiger partial charge in [-0.2, -0.15) is 0 Å². The molecule has 1 aromatic heterocycles. The maximum absolute atomic E-state index is 4.41. The van der Waals surface area contributed by atoms with Crippen molar-refractivity contribution in [3.05, 3.63) is 18.2 Å². The molecule has 0 spiro atoms. The Balaban J connectivity index is 2.42. The average molecular weight is 237 g/mol. The second kappa shape index (κ2) is 8.29. The van der Waals surface area contributed by atoms with E-state index in [1.54, 1.807) is 0 Å². The first-order valence-electron chi connectivity index (χ1n) is 6.97. The Bertz CT molecular complexity index is 293. The van der Waals surface area contributed by atoms with E-state index in [1.807, 2.05) is 12.4 Å². The lowest BCUT2D eigenvalue weighted by Crippen LogP contribution is -2.32. The van der Waals surface area contributed by atoms with Gasteiger partial charge in [0, 0.05) is 31.9 Å². The number of rotatable bonds is 9. The number of imidazole rings is 1. The highest BCUT2D eigenvalue weighted by atomic mass is 15.0. The average Bonchev–Trinajstić information content (AvgIpc) is 2.72. The molecule has 0 aromatic carbocycles. The number of nitrogens with zero attached hydrogens (tertiary/aromatic N) is 2. The number of hydrogen-bond donors (Lipinski definition) is 1. The van der Waals surface area contributed by atoms with Crippen LogP contribution < -0.4 is 5.32 Å². The van der Waals surface area contributed by atoms with Crippen LogP contribution in [-0.2, 0) is 13.5 Å². The lowest BCUT2D eigenvalue weighted by atomic mass is 10.0. The van der Waals surface area contributed by atoms with Crippen LogP contribution in [0.1, 0.15) is 51.8 Å². The molecule has 0 fully saturated rings. The van der Waals surface area contributed by atoms with Gasteiger partial charge in [-0.3, -0.25) is 0 Å². The van der Waals surface area contributed by atoms with Crippen LogP contribution in [0, 0.1) is 0 Å². The molecule has 0 saturated carbocycles. The molecular formula is C14H27N3. The molecule has 3 heteroatoms. The predicted molar refractivity (Wildman–Crippen MR) is 73.1 cm³/mol. The second-order valence-corrected chi connectivity index (χ2v) is 4.81. The van der Waals surface area contributed by atoms with Crippen LogP contribution in [0.15, 0.2) is 12.4 Å². The van der Waals surface area contributed by atoms with Gasteiger partial charge in [-0.25, -0.2) is 4.98 Å². The summed E-state index contributed by atoms with van der Waals surface area (Å²) in [6.45, 7) is 5.59. The van der Waals surface area contributed by atoms with Gasteiger partial charge >= 0.3 is 0 Å². The number of hydrogen-bond acceptors (Lipinski definition) is 2. The van der Waals surface area contributed by atoms with E-state index in [2.05, 4.69) is 35.8 Å². The monoisotopic (exact) mass is 237 g/mol. The Kier molecular flexibility index (Phi) is 6.94. The fourth-order valence-electron chi connectivity index (χ4n) is 2.08. The van der Waals surface area contributed by atoms with Crippen molar-refractivity contribution in [2.75, 3.05) is 6.54 Å². The van der Waals surface area contributed by atoms with Crippen molar-refractivity contribution in [3.8, 4) is 0 Å². The Morgan fingerprint density at radius 1 is 1.29 bits per heavy atom. The molecule has 0 saturated heterocycles. The van der Waals surface area contributed by atoms with E-state index in [0.717, 1.165) is 13.0 Å². The second-order valence-electron chi connectivity index (χ2n) is 4.81. The van der Waals surface area contributed by atoms with E-state index in [4.69, 9.17) is 0 Å². The molecule has 0 aliphatic rings. The van der Waals surface area contributed by atoms with E-state index in [-0.39, 0.29) is 0 Å². The van der Waals surface area contributed by atoms with Gasteiger partial charge in [0.15, 0.2) is 0 Å². The van der Waals surface area contributed by atoms with Gasteiger partial charge in [0.1, 0.15) is 5.82 Å². The number of aryl methyl sites for hydroxylation is 1. The summed E-state index contributed by atoms with van der Waals surface area (Å²) in [5, 5.41) is 3.64. The molecule has 1 atom stereocenters. The van der Waals surface area contributed by atoms with Crippen LogP contribution in [-0.4, -0.2) is 22.1 Å². The zero-order chi connectivity index (χ0) is 12.5. The van der Waals surface area contributed by atoms with Gasteiger partial charge in [0.05, 0.1) is 0 Å². The van der Waals surface area contributed by atoms with Crippen molar-refractivity contribution in [2.24, 2.45) is 7.05 Å². The summed E-state index contributed by atoms with van der Waals surface area (Å²) in [7, 11) is 2.07. The van der Waals surface area contributed by atoms with Gasteiger partial charge in [0.2, 0.25) is 0 Å². The van der Waals surface area contributed by atoms with Gasteiger partial charge < -0.3 is 9.88 Å². The zero-order valence-corrected chi connectivity index (χ0v) is 11.6. The minimum absolute atomic E-state index is 0.586. The summed E-state index contributed by atoms with van der Waals surface area (Å²) in [6.07, 6.45) is 11.4. The summed E-state index contributed by atoms with van der Waals surface area (Å²) in [6, 6.07) is 0.586. The molecule has 1 heterocycles. The molecule has 3 nitrogen and oxygen atoms in total. The zero-order valence-electron chi connectivity index (χ0n) is 11.6. The number of nitrogens with one attached hydrogen (secondary N) is 1. The summed E-state index contributed by atoms with van der Waals surface area (Å²) in [5.41, 5.74) is 0. The third kappa shape index (κ3) is 5.35. The molecule has 0 bridgehead atoms. The Hall–Kier alpha value is -0.830. The highest BCUT2D eigenvalue weighted by Crippen LogP contribution is 2.08. The van der Waals surface area contributed by atoms with Crippen LogP contribution in [0.25, 0.3) is 0 Å². The summed E-state index contributed by atoms with van der Waals surface area (Å²) >= 11 is 0. The normalized spacial score (nSPS) is 12.9. The van der Waals surface area contributed by atoms with Crippen molar-refractivity contribution in [1.82, 2.24) is 14.9 Å². The van der Waals surface area contributed by atoms with E-state index in [0.29, 0.717) is 6.04 Å². The maximum atomic E-state index is 4.41. The number of aromatic nitrogens is 2. The van der Waals surface area contributed by atoms with Crippen LogP contribution in [0.4, 0.5) is 0 Å². The Morgan fingerprint density at radius 3 is 2.71 bits per heavy atom. The molecule has 17 heavy (non-hydrogen) atoms. The smallest absolute Gasteiger partial charge is 0.109 e.